The molecule has 6 heteroatoms. The van der Waals surface area contributed by atoms with E-state index >= 15 is 0 Å². The van der Waals surface area contributed by atoms with Crippen molar-refractivity contribution in [3.63, 3.8) is 0 Å². The van der Waals surface area contributed by atoms with Crippen LogP contribution in [-0.4, -0.2) is 10.9 Å². The molecule has 2 aromatic rings. The van der Waals surface area contributed by atoms with Gasteiger partial charge in [-0.1, -0.05) is 11.6 Å². The van der Waals surface area contributed by atoms with Crippen LogP contribution < -0.4 is 5.32 Å². The number of carbonyl (C=O) groups excluding carboxylic acids is 1. The Morgan fingerprint density at radius 2 is 2.00 bits per heavy atom. The molecule has 1 heterocycles. The number of halogens is 3. The predicted octanol–water partition coefficient (Wildman–Crippen LogP) is 3.57. The van der Waals surface area contributed by atoms with Crippen LogP contribution in [0.2, 0.25) is 5.02 Å². The van der Waals surface area contributed by atoms with Crippen molar-refractivity contribution in [3.05, 3.63) is 58.2 Å². The lowest BCUT2D eigenvalue weighted by molar-refractivity contribution is 0.102. The Hall–Kier alpha value is -2.01. The number of rotatable bonds is 2. The molecule has 0 bridgehead atoms. The number of nitrogens with one attached hydrogen (secondary N) is 1. The van der Waals surface area contributed by atoms with Gasteiger partial charge in [0.15, 0.2) is 0 Å². The van der Waals surface area contributed by atoms with Crippen molar-refractivity contribution in [2.75, 3.05) is 5.32 Å². The highest BCUT2D eigenvalue weighted by molar-refractivity contribution is 6.30. The van der Waals surface area contributed by atoms with Crippen molar-refractivity contribution in [3.8, 4) is 0 Å². The van der Waals surface area contributed by atoms with Crippen LogP contribution in [0.4, 0.5) is 14.6 Å². The Labute approximate surface area is 113 Å². The van der Waals surface area contributed by atoms with E-state index in [4.69, 9.17) is 11.6 Å². The minimum absolute atomic E-state index is 0.186. The highest BCUT2D eigenvalue weighted by atomic mass is 35.5. The number of amides is 1. The number of hydrogen-bond donors (Lipinski definition) is 1. The Kier molecular flexibility index (Phi) is 3.76. The molecule has 0 unspecified atom stereocenters. The summed E-state index contributed by atoms with van der Waals surface area (Å²) in [6.07, 6.45) is 1.41. The summed E-state index contributed by atoms with van der Waals surface area (Å²) in [4.78, 5) is 15.7. The predicted molar refractivity (Wildman–Crippen MR) is 68.3 cm³/mol. The summed E-state index contributed by atoms with van der Waals surface area (Å²) in [6.45, 7) is 1.45. The first-order chi connectivity index (χ1) is 8.97. The van der Waals surface area contributed by atoms with E-state index in [1.165, 1.54) is 19.2 Å². The average Bonchev–Trinajstić information content (AvgIpc) is 2.33. The Morgan fingerprint density at radius 1 is 1.26 bits per heavy atom. The Balaban J connectivity index is 2.28. The molecule has 0 atom stereocenters. The molecule has 0 radical (unpaired) electrons. The molecule has 2 rings (SSSR count). The minimum Gasteiger partial charge on any atom is -0.306 e. The first-order valence-electron chi connectivity index (χ1n) is 5.36. The zero-order valence-electron chi connectivity index (χ0n) is 9.88. The molecule has 19 heavy (non-hydrogen) atoms. The molecule has 0 fully saturated rings. The molecule has 0 saturated carbocycles. The molecule has 0 spiro atoms. The third-order valence-electron chi connectivity index (χ3n) is 2.46. The van der Waals surface area contributed by atoms with Crippen LogP contribution in [0.1, 0.15) is 15.9 Å². The summed E-state index contributed by atoms with van der Waals surface area (Å²) in [5, 5.41) is 2.78. The van der Waals surface area contributed by atoms with Crippen LogP contribution in [0, 0.1) is 18.6 Å². The summed E-state index contributed by atoms with van der Waals surface area (Å²) in [6, 6.07) is 4.79. The van der Waals surface area contributed by atoms with E-state index in [1.54, 1.807) is 6.07 Å². The largest absolute Gasteiger partial charge is 0.306 e. The van der Waals surface area contributed by atoms with Gasteiger partial charge in [-0.2, -0.15) is 0 Å². The second-order valence-corrected chi connectivity index (χ2v) is 4.33. The highest BCUT2D eigenvalue weighted by Gasteiger charge is 2.15. The molecular weight excluding hydrogens is 274 g/mol. The van der Waals surface area contributed by atoms with Crippen molar-refractivity contribution in [2.24, 2.45) is 0 Å². The molecule has 1 amide bonds. The number of benzene rings is 1. The maximum Gasteiger partial charge on any atom is 0.259 e. The number of pyridine rings is 1. The van der Waals surface area contributed by atoms with E-state index in [2.05, 4.69) is 10.3 Å². The molecule has 1 N–H and O–H groups in total. The second kappa shape index (κ2) is 5.32. The number of anilines is 1. The molecule has 98 valence electrons. The zero-order valence-corrected chi connectivity index (χ0v) is 10.6. The summed E-state index contributed by atoms with van der Waals surface area (Å²) < 4.78 is 26.6. The van der Waals surface area contributed by atoms with Crippen molar-refractivity contribution in [2.45, 2.75) is 6.92 Å². The second-order valence-electron chi connectivity index (χ2n) is 3.89. The fraction of sp³-hybridized carbons (Fsp3) is 0.0769. The smallest absolute Gasteiger partial charge is 0.259 e. The Morgan fingerprint density at radius 3 is 2.68 bits per heavy atom. The maximum absolute atomic E-state index is 13.5. The SMILES string of the molecule is Cc1cc(C(=O)Nc2cc(Cl)ccn2)c(F)cc1F. The van der Waals surface area contributed by atoms with Gasteiger partial charge < -0.3 is 5.32 Å². The van der Waals surface area contributed by atoms with Gasteiger partial charge in [-0.15, -0.1) is 0 Å². The van der Waals surface area contributed by atoms with Gasteiger partial charge in [-0.3, -0.25) is 4.79 Å². The first-order valence-corrected chi connectivity index (χ1v) is 5.73. The first kappa shape index (κ1) is 13.4. The summed E-state index contributed by atoms with van der Waals surface area (Å²) >= 11 is 5.74. The quantitative estimate of drug-likeness (QED) is 0.915. The van der Waals surface area contributed by atoms with Crippen molar-refractivity contribution in [1.29, 1.82) is 0 Å². The highest BCUT2D eigenvalue weighted by Crippen LogP contribution is 2.17. The van der Waals surface area contributed by atoms with E-state index in [0.717, 1.165) is 6.07 Å². The number of carbonyl (C=O) groups is 1. The van der Waals surface area contributed by atoms with Crippen LogP contribution in [-0.2, 0) is 0 Å². The lowest BCUT2D eigenvalue weighted by Gasteiger charge is -2.07. The van der Waals surface area contributed by atoms with Crippen LogP contribution in [0.5, 0.6) is 0 Å². The summed E-state index contributed by atoms with van der Waals surface area (Å²) in [5.41, 5.74) is -0.0636. The van der Waals surface area contributed by atoms with Gasteiger partial charge in [0.1, 0.15) is 17.5 Å². The van der Waals surface area contributed by atoms with E-state index in [0.29, 0.717) is 11.1 Å². The molecule has 0 aliphatic carbocycles. The lowest BCUT2D eigenvalue weighted by atomic mass is 10.1. The van der Waals surface area contributed by atoms with Gasteiger partial charge in [-0.05, 0) is 30.7 Å². The molecule has 0 aliphatic heterocycles. The molecule has 1 aromatic carbocycles. The van der Waals surface area contributed by atoms with Gasteiger partial charge in [0.05, 0.1) is 5.56 Å². The van der Waals surface area contributed by atoms with Gasteiger partial charge in [-0.25, -0.2) is 13.8 Å². The Bertz CT molecular complexity index is 647. The normalized spacial score (nSPS) is 10.3. The van der Waals surface area contributed by atoms with Gasteiger partial charge in [0, 0.05) is 17.3 Å². The number of aryl methyl sites for hydroxylation is 1. The molecule has 1 aromatic heterocycles. The van der Waals surface area contributed by atoms with Crippen LogP contribution in [0.25, 0.3) is 0 Å². The number of aromatic nitrogens is 1. The number of nitrogens with zero attached hydrogens (tertiary/aromatic N) is 1. The molecule has 0 saturated heterocycles. The van der Waals surface area contributed by atoms with Gasteiger partial charge in [0.2, 0.25) is 0 Å². The monoisotopic (exact) mass is 282 g/mol. The maximum atomic E-state index is 13.5. The molecule has 3 nitrogen and oxygen atoms in total. The third kappa shape index (κ3) is 3.06. The lowest BCUT2D eigenvalue weighted by Crippen LogP contribution is -2.15. The number of hydrogen-bond acceptors (Lipinski definition) is 2. The van der Waals surface area contributed by atoms with Crippen molar-refractivity contribution >= 4 is 23.3 Å². The third-order valence-corrected chi connectivity index (χ3v) is 2.69. The molecular formula is C13H9ClF2N2O. The van der Waals surface area contributed by atoms with Gasteiger partial charge >= 0.3 is 0 Å². The summed E-state index contributed by atoms with van der Waals surface area (Å²) in [5.74, 6) is -2.15. The minimum atomic E-state index is -0.928. The van der Waals surface area contributed by atoms with Crippen LogP contribution in [0.3, 0.4) is 0 Å². The van der Waals surface area contributed by atoms with E-state index in [1.807, 2.05) is 0 Å². The average molecular weight is 283 g/mol. The fourth-order valence-electron chi connectivity index (χ4n) is 1.49. The summed E-state index contributed by atoms with van der Waals surface area (Å²) in [7, 11) is 0. The standard InChI is InChI=1S/C13H9ClF2N2O/c1-7-4-9(11(16)6-10(7)15)13(19)18-12-5-8(14)2-3-17-12/h2-6H,1H3,(H,17,18,19). The van der Waals surface area contributed by atoms with Crippen LogP contribution in [0.15, 0.2) is 30.5 Å². The van der Waals surface area contributed by atoms with Crippen LogP contribution >= 0.6 is 11.6 Å². The van der Waals surface area contributed by atoms with E-state index in [-0.39, 0.29) is 16.9 Å². The fourth-order valence-corrected chi connectivity index (χ4v) is 1.65. The van der Waals surface area contributed by atoms with E-state index in [9.17, 15) is 13.6 Å². The topological polar surface area (TPSA) is 42.0 Å². The van der Waals surface area contributed by atoms with Crippen molar-refractivity contribution in [1.82, 2.24) is 4.98 Å². The van der Waals surface area contributed by atoms with Gasteiger partial charge in [0.25, 0.3) is 5.91 Å². The zero-order chi connectivity index (χ0) is 14.0. The molecule has 0 aliphatic rings. The van der Waals surface area contributed by atoms with E-state index < -0.39 is 17.5 Å². The van der Waals surface area contributed by atoms with Crippen molar-refractivity contribution < 1.29 is 13.6 Å².